The van der Waals surface area contributed by atoms with Crippen molar-refractivity contribution in [2.24, 2.45) is 0 Å². The molecule has 4 aliphatic heterocycles. The van der Waals surface area contributed by atoms with Crippen molar-refractivity contribution in [3.8, 4) is 35.4 Å². The van der Waals surface area contributed by atoms with Gasteiger partial charge < -0.3 is 20.1 Å². The molecule has 3 fully saturated rings. The highest BCUT2D eigenvalue weighted by Gasteiger charge is 2.52. The molecular weight excluding hydrogens is 659 g/mol. The lowest BCUT2D eigenvalue weighted by atomic mass is 9.94. The molecule has 2 aromatic carbocycles. The number of aromatic hydroxyl groups is 1. The second-order valence-electron chi connectivity index (χ2n) is 13.7. The molecule has 0 radical (unpaired) electrons. The van der Waals surface area contributed by atoms with Crippen molar-refractivity contribution in [2.45, 2.75) is 75.5 Å². The Hall–Kier alpha value is -4.32. The maximum atomic E-state index is 17.1. The number of benzene rings is 2. The fourth-order valence-corrected chi connectivity index (χ4v) is 8.48. The molecule has 0 saturated carbocycles. The third kappa shape index (κ3) is 5.56. The number of pyridine rings is 1. The molecule has 0 spiro atoms. The van der Waals surface area contributed by atoms with E-state index >= 15 is 4.39 Å². The number of piperazine rings is 1. The van der Waals surface area contributed by atoms with E-state index in [9.17, 15) is 22.7 Å². The standard InChI is InChI=1S/C36H35F5N6O3/c1-3-20-16-47-21(15-42-20)7-9-27-29-32(30(38)31(43-27)25-13-22(48)12-19-6-8-26(37)24(4-2)28(19)25)44-34(45-33(29)47)49-18-35-10-5-11-46(35)17-23(14-35)50-36(39,40)41/h2,6,8,12-13,20-21,23,42,48H,3,5,7,9-11,14-18H2,1H3/t20-,21-,23+,35-/m1/s1. The van der Waals surface area contributed by atoms with Gasteiger partial charge in [-0.2, -0.15) is 9.97 Å². The van der Waals surface area contributed by atoms with Crippen molar-refractivity contribution in [2.75, 3.05) is 37.7 Å². The van der Waals surface area contributed by atoms with Gasteiger partial charge in [0.25, 0.3) is 0 Å². The Balaban J connectivity index is 1.28. The number of nitrogens with one attached hydrogen (secondary N) is 1. The molecule has 2 N–H and O–H groups in total. The second kappa shape index (κ2) is 12.2. The number of hydrogen-bond donors (Lipinski definition) is 2. The summed E-state index contributed by atoms with van der Waals surface area (Å²) in [5.74, 6) is 1.17. The van der Waals surface area contributed by atoms with E-state index in [-0.39, 0.29) is 71.1 Å². The zero-order valence-electron chi connectivity index (χ0n) is 27.3. The van der Waals surface area contributed by atoms with Crippen molar-refractivity contribution in [3.05, 3.63) is 47.2 Å². The topological polar surface area (TPSA) is 95.9 Å². The van der Waals surface area contributed by atoms with Crippen LogP contribution in [0, 0.1) is 24.0 Å². The number of aromatic nitrogens is 3. The van der Waals surface area contributed by atoms with Crippen molar-refractivity contribution >= 4 is 27.5 Å². The monoisotopic (exact) mass is 694 g/mol. The maximum absolute atomic E-state index is 17.1. The summed E-state index contributed by atoms with van der Waals surface area (Å²) in [6.45, 7) is 4.08. The summed E-state index contributed by atoms with van der Waals surface area (Å²) in [4.78, 5) is 18.4. The molecule has 4 atom stereocenters. The van der Waals surface area contributed by atoms with Crippen LogP contribution in [0.15, 0.2) is 24.3 Å². The van der Waals surface area contributed by atoms with Crippen LogP contribution in [0.5, 0.6) is 11.8 Å². The normalized spacial score (nSPS) is 25.1. The van der Waals surface area contributed by atoms with E-state index < -0.39 is 29.6 Å². The van der Waals surface area contributed by atoms with Crippen LogP contribution >= 0.6 is 0 Å². The third-order valence-electron chi connectivity index (χ3n) is 10.8. The van der Waals surface area contributed by atoms with Gasteiger partial charge in [0.05, 0.1) is 28.3 Å². The smallest absolute Gasteiger partial charge is 0.508 e. The molecule has 3 saturated heterocycles. The summed E-state index contributed by atoms with van der Waals surface area (Å²) in [5, 5.41) is 15.3. The third-order valence-corrected chi connectivity index (χ3v) is 10.8. The summed E-state index contributed by atoms with van der Waals surface area (Å²) >= 11 is 0. The maximum Gasteiger partial charge on any atom is 0.522 e. The van der Waals surface area contributed by atoms with Crippen LogP contribution in [0.4, 0.5) is 27.8 Å². The first-order valence-corrected chi connectivity index (χ1v) is 16.9. The number of halogens is 5. The number of aryl methyl sites for hydroxylation is 1. The van der Waals surface area contributed by atoms with Gasteiger partial charge in [-0.15, -0.1) is 19.6 Å². The highest BCUT2D eigenvalue weighted by Crippen LogP contribution is 2.44. The molecule has 4 aliphatic rings. The van der Waals surface area contributed by atoms with Crippen molar-refractivity contribution in [1.82, 2.24) is 25.2 Å². The number of anilines is 1. The predicted octanol–water partition coefficient (Wildman–Crippen LogP) is 5.84. The zero-order valence-corrected chi connectivity index (χ0v) is 27.3. The van der Waals surface area contributed by atoms with Crippen LogP contribution in [0.25, 0.3) is 32.9 Å². The summed E-state index contributed by atoms with van der Waals surface area (Å²) in [5.41, 5.74) is -0.356. The van der Waals surface area contributed by atoms with Gasteiger partial charge >= 0.3 is 12.4 Å². The number of ether oxygens (including phenoxy) is 2. The van der Waals surface area contributed by atoms with E-state index in [4.69, 9.17) is 21.1 Å². The fourth-order valence-electron chi connectivity index (χ4n) is 8.48. The molecule has 50 heavy (non-hydrogen) atoms. The minimum atomic E-state index is -4.75. The molecular formula is C36H35F5N6O3. The molecule has 0 aliphatic carbocycles. The van der Waals surface area contributed by atoms with E-state index in [2.05, 4.69) is 32.8 Å². The molecule has 0 unspecified atom stereocenters. The van der Waals surface area contributed by atoms with Crippen molar-refractivity contribution < 1.29 is 36.5 Å². The quantitative estimate of drug-likeness (QED) is 0.191. The molecule has 14 heteroatoms. The van der Waals surface area contributed by atoms with E-state index in [0.29, 0.717) is 61.2 Å². The zero-order chi connectivity index (χ0) is 34.9. The lowest BCUT2D eigenvalue weighted by Crippen LogP contribution is -2.56. The largest absolute Gasteiger partial charge is 0.522 e. The second-order valence-corrected chi connectivity index (χ2v) is 13.7. The summed E-state index contributed by atoms with van der Waals surface area (Å²) in [7, 11) is 0. The molecule has 0 bridgehead atoms. The first-order valence-electron chi connectivity index (χ1n) is 16.9. The molecule has 9 nitrogen and oxygen atoms in total. The van der Waals surface area contributed by atoms with Crippen LogP contribution in [0.1, 0.15) is 50.3 Å². The molecule has 262 valence electrons. The lowest BCUT2D eigenvalue weighted by Gasteiger charge is -2.40. The minimum Gasteiger partial charge on any atom is -0.508 e. The SMILES string of the molecule is C#Cc1c(F)ccc2cc(O)cc(-c3nc4c5c(nc(OC[C@]67CCCN6C[C@@H](OC(F)(F)F)C7)nc5c3F)N3C[C@@H](CC)NC[C@H]3CC4)c12. The first kappa shape index (κ1) is 32.9. The van der Waals surface area contributed by atoms with Crippen LogP contribution < -0.4 is 15.0 Å². The van der Waals surface area contributed by atoms with Gasteiger partial charge in [0.1, 0.15) is 35.2 Å². The van der Waals surface area contributed by atoms with Crippen LogP contribution in [0.3, 0.4) is 0 Å². The Labute approximate surface area is 284 Å². The molecule has 8 rings (SSSR count). The number of terminal acetylenes is 1. The van der Waals surface area contributed by atoms with E-state index in [1.54, 1.807) is 0 Å². The highest BCUT2D eigenvalue weighted by atomic mass is 19.4. The Bertz CT molecular complexity index is 2050. The van der Waals surface area contributed by atoms with Gasteiger partial charge in [0.2, 0.25) is 0 Å². The number of fused-ring (bicyclic) bond motifs is 4. The van der Waals surface area contributed by atoms with Crippen LogP contribution in [-0.4, -0.2) is 87.8 Å². The molecule has 4 aromatic rings. The summed E-state index contributed by atoms with van der Waals surface area (Å²) in [6, 6.07) is 5.45. The van der Waals surface area contributed by atoms with Gasteiger partial charge in [0, 0.05) is 42.7 Å². The Morgan fingerprint density at radius 3 is 2.76 bits per heavy atom. The average Bonchev–Trinajstić information content (AvgIpc) is 3.57. The van der Waals surface area contributed by atoms with Gasteiger partial charge in [0.15, 0.2) is 5.82 Å². The Morgan fingerprint density at radius 2 is 1.98 bits per heavy atom. The van der Waals surface area contributed by atoms with E-state index in [1.165, 1.54) is 24.3 Å². The number of hydrogen-bond acceptors (Lipinski definition) is 9. The van der Waals surface area contributed by atoms with Crippen LogP contribution in [-0.2, 0) is 11.2 Å². The highest BCUT2D eigenvalue weighted by molar-refractivity contribution is 6.03. The molecule has 6 heterocycles. The van der Waals surface area contributed by atoms with Gasteiger partial charge in [-0.25, -0.2) is 13.8 Å². The number of nitrogens with zero attached hydrogens (tertiary/aromatic N) is 5. The number of phenolic OH excluding ortho intramolecular Hbond substituents is 1. The number of phenols is 1. The first-order chi connectivity index (χ1) is 24.0. The van der Waals surface area contributed by atoms with Crippen LogP contribution in [0.2, 0.25) is 0 Å². The van der Waals surface area contributed by atoms with Gasteiger partial charge in [-0.3, -0.25) is 9.64 Å². The Morgan fingerprint density at radius 1 is 1.14 bits per heavy atom. The van der Waals surface area contributed by atoms with Gasteiger partial charge in [-0.05, 0) is 68.7 Å². The lowest BCUT2D eigenvalue weighted by molar-refractivity contribution is -0.340. The predicted molar refractivity (Wildman–Crippen MR) is 176 cm³/mol. The number of rotatable bonds is 6. The molecule has 0 amide bonds. The summed E-state index contributed by atoms with van der Waals surface area (Å²) < 4.78 is 82.2. The molecule has 2 aromatic heterocycles. The van der Waals surface area contributed by atoms with E-state index in [0.717, 1.165) is 12.8 Å². The minimum absolute atomic E-state index is 0.00669. The van der Waals surface area contributed by atoms with Gasteiger partial charge in [-0.1, -0.05) is 18.9 Å². The van der Waals surface area contributed by atoms with Crippen molar-refractivity contribution in [3.63, 3.8) is 0 Å². The average molecular weight is 695 g/mol. The summed E-state index contributed by atoms with van der Waals surface area (Å²) in [6.07, 6.45) is 3.46. The number of alkyl halides is 3. The Kier molecular flexibility index (Phi) is 8.00. The fraction of sp³-hybridized carbons (Fsp3) is 0.472. The van der Waals surface area contributed by atoms with Crippen molar-refractivity contribution in [1.29, 1.82) is 0 Å². The van der Waals surface area contributed by atoms with E-state index in [1.807, 2.05) is 4.90 Å².